The fourth-order valence-corrected chi connectivity index (χ4v) is 3.16. The molecule has 2 aromatic rings. The van der Waals surface area contributed by atoms with Crippen molar-refractivity contribution in [1.82, 2.24) is 4.90 Å². The molecule has 2 amide bonds. The van der Waals surface area contributed by atoms with Crippen LogP contribution in [-0.4, -0.2) is 36.2 Å². The van der Waals surface area contributed by atoms with Gasteiger partial charge in [0.25, 0.3) is 11.8 Å². The smallest absolute Gasteiger partial charge is 0.494 e. The van der Waals surface area contributed by atoms with Crippen molar-refractivity contribution in [3.63, 3.8) is 0 Å². The van der Waals surface area contributed by atoms with Crippen molar-refractivity contribution >= 4 is 23.1 Å². The Morgan fingerprint density at radius 3 is 2.06 bits per heavy atom. The first-order chi connectivity index (χ1) is 14.7. The Balaban J connectivity index is 1.93. The topological polar surface area (TPSA) is 67.9 Å². The average molecular weight is 434 g/mol. The standard InChI is InChI=1S/C22H21F3N2O4/c1-3-13-27-20(28)18(14-5-9-16(10-6-14)30-4-2)19(21(27)29)26-15-7-11-17(12-8-15)31-22(23,24)25/h5-12,26H,3-4,13H2,1-2H3. The summed E-state index contributed by atoms with van der Waals surface area (Å²) < 4.78 is 46.3. The molecule has 1 heterocycles. The summed E-state index contributed by atoms with van der Waals surface area (Å²) in [5.41, 5.74) is 1.12. The molecule has 0 radical (unpaired) electrons. The number of nitrogens with zero attached hydrogens (tertiary/aromatic N) is 1. The van der Waals surface area contributed by atoms with Crippen LogP contribution in [-0.2, 0) is 9.59 Å². The molecule has 0 aliphatic carbocycles. The summed E-state index contributed by atoms with van der Waals surface area (Å²) in [4.78, 5) is 27.0. The van der Waals surface area contributed by atoms with Crippen molar-refractivity contribution in [2.24, 2.45) is 0 Å². The van der Waals surface area contributed by atoms with Crippen molar-refractivity contribution in [2.45, 2.75) is 26.6 Å². The van der Waals surface area contributed by atoms with Gasteiger partial charge in [0, 0.05) is 12.2 Å². The SMILES string of the molecule is CCCN1C(=O)C(Nc2ccc(OC(F)(F)F)cc2)=C(c2ccc(OCC)cc2)C1=O. The van der Waals surface area contributed by atoms with Gasteiger partial charge in [-0.3, -0.25) is 14.5 Å². The molecule has 1 N–H and O–H groups in total. The Morgan fingerprint density at radius 1 is 0.903 bits per heavy atom. The molecule has 0 saturated heterocycles. The molecule has 6 nitrogen and oxygen atoms in total. The summed E-state index contributed by atoms with van der Waals surface area (Å²) in [6.07, 6.45) is -4.21. The highest BCUT2D eigenvalue weighted by Crippen LogP contribution is 2.32. The lowest BCUT2D eigenvalue weighted by atomic mass is 10.0. The first-order valence-electron chi connectivity index (χ1n) is 9.70. The molecule has 2 aromatic carbocycles. The Hall–Kier alpha value is -3.49. The zero-order chi connectivity index (χ0) is 22.6. The van der Waals surface area contributed by atoms with Gasteiger partial charge in [-0.2, -0.15) is 0 Å². The fraction of sp³-hybridized carbons (Fsp3) is 0.273. The van der Waals surface area contributed by atoms with E-state index in [9.17, 15) is 22.8 Å². The van der Waals surface area contributed by atoms with E-state index in [1.807, 2.05) is 13.8 Å². The molecule has 0 saturated carbocycles. The average Bonchev–Trinajstić information content (AvgIpc) is 2.94. The monoisotopic (exact) mass is 434 g/mol. The van der Waals surface area contributed by atoms with Gasteiger partial charge in [0.1, 0.15) is 17.2 Å². The third-order valence-corrected chi connectivity index (χ3v) is 4.43. The van der Waals surface area contributed by atoms with Crippen LogP contribution in [0.4, 0.5) is 18.9 Å². The zero-order valence-corrected chi connectivity index (χ0v) is 17.0. The second kappa shape index (κ2) is 9.11. The minimum atomic E-state index is -4.80. The van der Waals surface area contributed by atoms with Gasteiger partial charge in [0.15, 0.2) is 0 Å². The van der Waals surface area contributed by atoms with E-state index in [2.05, 4.69) is 10.1 Å². The molecule has 0 fully saturated rings. The molecular formula is C22H21F3N2O4. The molecule has 31 heavy (non-hydrogen) atoms. The predicted octanol–water partition coefficient (Wildman–Crippen LogP) is 4.59. The quantitative estimate of drug-likeness (QED) is 0.616. The second-order valence-electron chi connectivity index (χ2n) is 6.67. The molecule has 0 bridgehead atoms. The number of anilines is 1. The van der Waals surface area contributed by atoms with Crippen LogP contribution in [0.5, 0.6) is 11.5 Å². The van der Waals surface area contributed by atoms with Crippen LogP contribution < -0.4 is 14.8 Å². The Morgan fingerprint density at radius 2 is 1.52 bits per heavy atom. The van der Waals surface area contributed by atoms with E-state index in [1.165, 1.54) is 12.1 Å². The van der Waals surface area contributed by atoms with Gasteiger partial charge in [-0.1, -0.05) is 19.1 Å². The highest BCUT2D eigenvalue weighted by molar-refractivity contribution is 6.36. The summed E-state index contributed by atoms with van der Waals surface area (Å²) >= 11 is 0. The summed E-state index contributed by atoms with van der Waals surface area (Å²) in [6.45, 7) is 4.44. The lowest BCUT2D eigenvalue weighted by Gasteiger charge is -2.14. The van der Waals surface area contributed by atoms with Gasteiger partial charge in [0.05, 0.1) is 12.2 Å². The van der Waals surface area contributed by atoms with Crippen molar-refractivity contribution in [1.29, 1.82) is 0 Å². The predicted molar refractivity (Wildman–Crippen MR) is 108 cm³/mol. The number of carbonyl (C=O) groups is 2. The van der Waals surface area contributed by atoms with Gasteiger partial charge in [0.2, 0.25) is 0 Å². The van der Waals surface area contributed by atoms with Crippen LogP contribution in [0.3, 0.4) is 0 Å². The zero-order valence-electron chi connectivity index (χ0n) is 17.0. The number of nitrogens with one attached hydrogen (secondary N) is 1. The minimum Gasteiger partial charge on any atom is -0.494 e. The first kappa shape index (κ1) is 22.2. The fourth-order valence-electron chi connectivity index (χ4n) is 3.16. The summed E-state index contributed by atoms with van der Waals surface area (Å²) in [5, 5.41) is 2.89. The number of hydrogen-bond acceptors (Lipinski definition) is 5. The van der Waals surface area contributed by atoms with E-state index in [0.29, 0.717) is 30.0 Å². The Labute approximate surface area is 177 Å². The van der Waals surface area contributed by atoms with Crippen LogP contribution in [0.25, 0.3) is 5.57 Å². The maximum Gasteiger partial charge on any atom is 0.573 e. The highest BCUT2D eigenvalue weighted by atomic mass is 19.4. The van der Waals surface area contributed by atoms with Gasteiger partial charge in [-0.05, 0) is 55.3 Å². The van der Waals surface area contributed by atoms with Crippen LogP contribution in [0.2, 0.25) is 0 Å². The van der Waals surface area contributed by atoms with Crippen LogP contribution in [0, 0.1) is 0 Å². The first-order valence-corrected chi connectivity index (χ1v) is 9.70. The number of halogens is 3. The van der Waals surface area contributed by atoms with Gasteiger partial charge < -0.3 is 14.8 Å². The van der Waals surface area contributed by atoms with E-state index < -0.39 is 18.2 Å². The number of alkyl halides is 3. The number of carbonyl (C=O) groups excluding carboxylic acids is 2. The van der Waals surface area contributed by atoms with Gasteiger partial charge in [-0.15, -0.1) is 13.2 Å². The van der Waals surface area contributed by atoms with E-state index in [0.717, 1.165) is 17.0 Å². The van der Waals surface area contributed by atoms with Crippen molar-refractivity contribution in [3.8, 4) is 11.5 Å². The Kier molecular flexibility index (Phi) is 6.53. The lowest BCUT2D eigenvalue weighted by Crippen LogP contribution is -2.33. The lowest BCUT2D eigenvalue weighted by molar-refractivity contribution is -0.274. The summed E-state index contributed by atoms with van der Waals surface area (Å²) in [7, 11) is 0. The maximum absolute atomic E-state index is 13.0. The molecule has 3 rings (SSSR count). The molecular weight excluding hydrogens is 413 g/mol. The van der Waals surface area contributed by atoms with E-state index in [4.69, 9.17) is 4.74 Å². The van der Waals surface area contributed by atoms with Gasteiger partial charge >= 0.3 is 6.36 Å². The van der Waals surface area contributed by atoms with Crippen molar-refractivity contribution < 1.29 is 32.2 Å². The third-order valence-electron chi connectivity index (χ3n) is 4.43. The van der Waals surface area contributed by atoms with Gasteiger partial charge in [-0.25, -0.2) is 0 Å². The second-order valence-corrected chi connectivity index (χ2v) is 6.67. The number of hydrogen-bond donors (Lipinski definition) is 1. The molecule has 1 aliphatic heterocycles. The van der Waals surface area contributed by atoms with Crippen LogP contribution in [0.15, 0.2) is 54.2 Å². The molecule has 9 heteroatoms. The number of benzene rings is 2. The largest absolute Gasteiger partial charge is 0.573 e. The molecule has 0 aromatic heterocycles. The number of amides is 2. The maximum atomic E-state index is 13.0. The molecule has 164 valence electrons. The molecule has 0 atom stereocenters. The summed E-state index contributed by atoms with van der Waals surface area (Å²) in [6, 6.07) is 11.7. The summed E-state index contributed by atoms with van der Waals surface area (Å²) in [5.74, 6) is -0.689. The van der Waals surface area contributed by atoms with Crippen molar-refractivity contribution in [2.75, 3.05) is 18.5 Å². The van der Waals surface area contributed by atoms with E-state index in [-0.39, 0.29) is 23.6 Å². The molecule has 0 unspecified atom stereocenters. The van der Waals surface area contributed by atoms with E-state index in [1.54, 1.807) is 24.3 Å². The Bertz CT molecular complexity index is 983. The normalized spacial score (nSPS) is 14.3. The number of imide groups is 1. The highest BCUT2D eigenvalue weighted by Gasteiger charge is 2.38. The molecule has 1 aliphatic rings. The number of ether oxygens (including phenoxy) is 2. The molecule has 0 spiro atoms. The minimum absolute atomic E-state index is 0.0621. The van der Waals surface area contributed by atoms with E-state index >= 15 is 0 Å². The van der Waals surface area contributed by atoms with Crippen molar-refractivity contribution in [3.05, 3.63) is 59.8 Å². The number of rotatable bonds is 8. The van der Waals surface area contributed by atoms with Crippen LogP contribution in [0.1, 0.15) is 25.8 Å². The third kappa shape index (κ3) is 5.17. The van der Waals surface area contributed by atoms with Crippen LogP contribution >= 0.6 is 0 Å².